The lowest BCUT2D eigenvalue weighted by molar-refractivity contribution is -0.139. The molecule has 0 saturated carbocycles. The molecule has 0 aliphatic carbocycles. The van der Waals surface area contributed by atoms with Gasteiger partial charge in [0.2, 0.25) is 0 Å². The van der Waals surface area contributed by atoms with Gasteiger partial charge in [-0.15, -0.1) is 0 Å². The van der Waals surface area contributed by atoms with Crippen LogP contribution in [0.4, 0.5) is 10.5 Å². The lowest BCUT2D eigenvalue weighted by Gasteiger charge is -2.26. The number of anilines is 1. The fourth-order valence-corrected chi connectivity index (χ4v) is 1.40. The molecule has 0 bridgehead atoms. The third-order valence-corrected chi connectivity index (χ3v) is 2.29. The molecule has 6 heteroatoms. The Labute approximate surface area is 117 Å². The first-order valence-electron chi connectivity index (χ1n) is 6.09. The van der Waals surface area contributed by atoms with E-state index in [1.807, 2.05) is 0 Å². The maximum Gasteiger partial charge on any atom is 0.415 e. The minimum Gasteiger partial charge on any atom is -0.508 e. The van der Waals surface area contributed by atoms with Crippen molar-refractivity contribution in [2.75, 3.05) is 18.6 Å². The SMILES string of the molecule is COC(=O)CN(C(=O)OC(C)(C)C)c1ccc(O)cc1. The number of methoxy groups -OCH3 is 1. The molecule has 0 spiro atoms. The Morgan fingerprint density at radius 2 is 1.75 bits per heavy atom. The van der Waals surface area contributed by atoms with Gasteiger partial charge >= 0.3 is 12.1 Å². The van der Waals surface area contributed by atoms with Crippen LogP contribution in [0.25, 0.3) is 0 Å². The lowest BCUT2D eigenvalue weighted by Crippen LogP contribution is -2.40. The van der Waals surface area contributed by atoms with Crippen LogP contribution in [0.1, 0.15) is 20.8 Å². The highest BCUT2D eigenvalue weighted by Crippen LogP contribution is 2.21. The van der Waals surface area contributed by atoms with Gasteiger partial charge in [-0.3, -0.25) is 9.69 Å². The van der Waals surface area contributed by atoms with E-state index in [1.54, 1.807) is 20.8 Å². The van der Waals surface area contributed by atoms with Gasteiger partial charge in [0.1, 0.15) is 17.9 Å². The molecule has 0 aliphatic rings. The summed E-state index contributed by atoms with van der Waals surface area (Å²) in [4.78, 5) is 24.7. The molecule has 0 radical (unpaired) electrons. The van der Waals surface area contributed by atoms with Crippen LogP contribution in [0, 0.1) is 0 Å². The van der Waals surface area contributed by atoms with Gasteiger partial charge in [-0.1, -0.05) is 0 Å². The van der Waals surface area contributed by atoms with E-state index in [2.05, 4.69) is 4.74 Å². The lowest BCUT2D eigenvalue weighted by atomic mass is 10.2. The monoisotopic (exact) mass is 281 g/mol. The van der Waals surface area contributed by atoms with E-state index in [1.165, 1.54) is 31.4 Å². The Kier molecular flexibility index (Phi) is 4.96. The summed E-state index contributed by atoms with van der Waals surface area (Å²) in [5, 5.41) is 9.27. The maximum absolute atomic E-state index is 12.1. The Morgan fingerprint density at radius 3 is 2.20 bits per heavy atom. The van der Waals surface area contributed by atoms with Crippen LogP contribution >= 0.6 is 0 Å². The molecule has 0 atom stereocenters. The molecule has 1 aromatic rings. The first-order valence-corrected chi connectivity index (χ1v) is 6.09. The second kappa shape index (κ2) is 6.27. The first-order chi connectivity index (χ1) is 9.23. The molecular formula is C14H19NO5. The van der Waals surface area contributed by atoms with Crippen LogP contribution in [-0.2, 0) is 14.3 Å². The summed E-state index contributed by atoms with van der Waals surface area (Å²) in [5.41, 5.74) is -0.245. The van der Waals surface area contributed by atoms with Crippen molar-refractivity contribution in [1.82, 2.24) is 0 Å². The first kappa shape index (κ1) is 15.8. The van der Waals surface area contributed by atoms with E-state index in [9.17, 15) is 14.7 Å². The Hall–Kier alpha value is -2.24. The summed E-state index contributed by atoms with van der Waals surface area (Å²) in [7, 11) is 1.24. The number of amides is 1. The van der Waals surface area contributed by atoms with E-state index in [-0.39, 0.29) is 12.3 Å². The number of aromatic hydroxyl groups is 1. The van der Waals surface area contributed by atoms with E-state index < -0.39 is 17.7 Å². The molecule has 0 unspecified atom stereocenters. The van der Waals surface area contributed by atoms with Crippen molar-refractivity contribution in [3.05, 3.63) is 24.3 Å². The summed E-state index contributed by atoms with van der Waals surface area (Å²) in [6.45, 7) is 4.93. The molecule has 0 fully saturated rings. The second-order valence-corrected chi connectivity index (χ2v) is 5.16. The number of hydrogen-bond acceptors (Lipinski definition) is 5. The average molecular weight is 281 g/mol. The smallest absolute Gasteiger partial charge is 0.415 e. The molecule has 0 saturated heterocycles. The highest BCUT2D eigenvalue weighted by molar-refractivity contribution is 5.93. The number of hydrogen-bond donors (Lipinski definition) is 1. The Balaban J connectivity index is 2.98. The number of esters is 1. The summed E-state index contributed by atoms with van der Waals surface area (Å²) < 4.78 is 9.82. The summed E-state index contributed by atoms with van der Waals surface area (Å²) in [6.07, 6.45) is -0.659. The summed E-state index contributed by atoms with van der Waals surface area (Å²) >= 11 is 0. The van der Waals surface area contributed by atoms with Crippen LogP contribution in [0.3, 0.4) is 0 Å². The topological polar surface area (TPSA) is 76.1 Å². The number of rotatable bonds is 3. The molecule has 6 nitrogen and oxygen atoms in total. The average Bonchev–Trinajstić information content (AvgIpc) is 2.34. The van der Waals surface area contributed by atoms with Gasteiger partial charge in [0, 0.05) is 5.69 Å². The van der Waals surface area contributed by atoms with E-state index in [0.717, 1.165) is 4.90 Å². The van der Waals surface area contributed by atoms with Gasteiger partial charge in [-0.05, 0) is 45.0 Å². The van der Waals surface area contributed by atoms with Crippen molar-refractivity contribution in [1.29, 1.82) is 0 Å². The molecule has 1 N–H and O–H groups in total. The maximum atomic E-state index is 12.1. The highest BCUT2D eigenvalue weighted by Gasteiger charge is 2.25. The summed E-state index contributed by atoms with van der Waals surface area (Å²) in [6, 6.07) is 5.87. The Morgan fingerprint density at radius 1 is 1.20 bits per heavy atom. The van der Waals surface area contributed by atoms with Crippen molar-refractivity contribution in [2.24, 2.45) is 0 Å². The predicted molar refractivity (Wildman–Crippen MR) is 73.7 cm³/mol. The van der Waals surface area contributed by atoms with Gasteiger partial charge in [0.05, 0.1) is 7.11 Å². The summed E-state index contributed by atoms with van der Waals surface area (Å²) in [5.74, 6) is -0.500. The number of phenolic OH excluding ortho intramolecular Hbond substituents is 1. The van der Waals surface area contributed by atoms with Crippen molar-refractivity contribution in [3.63, 3.8) is 0 Å². The number of carbonyl (C=O) groups excluding carboxylic acids is 2. The van der Waals surface area contributed by atoms with Crippen LogP contribution < -0.4 is 4.90 Å². The van der Waals surface area contributed by atoms with Crippen LogP contribution in [0.15, 0.2) is 24.3 Å². The van der Waals surface area contributed by atoms with Crippen LogP contribution in [0.5, 0.6) is 5.75 Å². The number of nitrogens with zero attached hydrogens (tertiary/aromatic N) is 1. The van der Waals surface area contributed by atoms with Gasteiger partial charge in [-0.25, -0.2) is 4.79 Å². The number of carbonyl (C=O) groups is 2. The molecule has 1 amide bonds. The number of benzene rings is 1. The predicted octanol–water partition coefficient (Wildman–Crippen LogP) is 2.31. The third kappa shape index (κ3) is 4.79. The zero-order valence-electron chi connectivity index (χ0n) is 12.0. The largest absolute Gasteiger partial charge is 0.508 e. The molecule has 0 aromatic heterocycles. The fraction of sp³-hybridized carbons (Fsp3) is 0.429. The molecule has 0 heterocycles. The van der Waals surface area contributed by atoms with Crippen molar-refractivity contribution >= 4 is 17.7 Å². The normalized spacial score (nSPS) is 10.8. The fourth-order valence-electron chi connectivity index (χ4n) is 1.40. The quantitative estimate of drug-likeness (QED) is 0.860. The zero-order chi connectivity index (χ0) is 15.3. The standard InChI is InChI=1S/C14H19NO5/c1-14(2,3)20-13(18)15(9-12(17)19-4)10-5-7-11(16)8-6-10/h5-8,16H,9H2,1-4H3. The molecule has 20 heavy (non-hydrogen) atoms. The van der Waals surface area contributed by atoms with Gasteiger partial charge in [0.15, 0.2) is 0 Å². The van der Waals surface area contributed by atoms with E-state index in [4.69, 9.17) is 4.74 Å². The zero-order valence-corrected chi connectivity index (χ0v) is 12.0. The minimum atomic E-state index is -0.678. The van der Waals surface area contributed by atoms with Crippen molar-refractivity contribution < 1.29 is 24.2 Å². The van der Waals surface area contributed by atoms with Crippen molar-refractivity contribution in [3.8, 4) is 5.75 Å². The Bertz CT molecular complexity index is 475. The van der Waals surface area contributed by atoms with Gasteiger partial charge in [-0.2, -0.15) is 0 Å². The van der Waals surface area contributed by atoms with Gasteiger partial charge < -0.3 is 14.6 Å². The second-order valence-electron chi connectivity index (χ2n) is 5.16. The minimum absolute atomic E-state index is 0.0657. The number of ether oxygens (including phenoxy) is 2. The molecule has 1 aromatic carbocycles. The molecular weight excluding hydrogens is 262 g/mol. The third-order valence-electron chi connectivity index (χ3n) is 2.29. The van der Waals surface area contributed by atoms with Crippen LogP contribution in [-0.4, -0.2) is 36.4 Å². The van der Waals surface area contributed by atoms with Crippen LogP contribution in [0.2, 0.25) is 0 Å². The molecule has 0 aliphatic heterocycles. The van der Waals surface area contributed by atoms with E-state index >= 15 is 0 Å². The highest BCUT2D eigenvalue weighted by atomic mass is 16.6. The van der Waals surface area contributed by atoms with Crippen molar-refractivity contribution in [2.45, 2.75) is 26.4 Å². The van der Waals surface area contributed by atoms with E-state index in [0.29, 0.717) is 5.69 Å². The molecule has 1 rings (SSSR count). The molecule has 110 valence electrons. The van der Waals surface area contributed by atoms with Gasteiger partial charge in [0.25, 0.3) is 0 Å². The number of phenols is 1.